The average Bonchev–Trinajstić information content (AvgIpc) is 3.09. The Morgan fingerprint density at radius 3 is 2.36 bits per heavy atom. The first-order valence-electron chi connectivity index (χ1n) is 9.51. The minimum absolute atomic E-state index is 0.0574. The van der Waals surface area contributed by atoms with Crippen LogP contribution in [0.1, 0.15) is 24.0 Å². The van der Waals surface area contributed by atoms with Crippen LogP contribution in [0.4, 0.5) is 10.5 Å². The van der Waals surface area contributed by atoms with Crippen molar-refractivity contribution in [2.45, 2.75) is 25.4 Å². The number of likely N-dealkylation sites (tertiary alicyclic amines) is 1. The van der Waals surface area contributed by atoms with Crippen LogP contribution in [-0.2, 0) is 0 Å². The molecule has 2 heterocycles. The Morgan fingerprint density at radius 2 is 1.71 bits per heavy atom. The monoisotopic (exact) mass is 392 g/mol. The molecule has 1 spiro atoms. The zero-order valence-corrected chi connectivity index (χ0v) is 17.0. The molecule has 6 heteroatoms. The smallest absolute Gasteiger partial charge is 0.321 e. The van der Waals surface area contributed by atoms with Crippen LogP contribution >= 0.6 is 11.8 Å². The van der Waals surface area contributed by atoms with E-state index in [0.29, 0.717) is 13.1 Å². The number of hydrogen-bond acceptors (Lipinski definition) is 4. The highest BCUT2D eigenvalue weighted by molar-refractivity contribution is 8.15. The maximum Gasteiger partial charge on any atom is 0.321 e. The topological polar surface area (TPSA) is 57.1 Å². The zero-order chi connectivity index (χ0) is 19.6. The molecule has 4 rings (SSSR count). The summed E-state index contributed by atoms with van der Waals surface area (Å²) in [7, 11) is 0. The van der Waals surface area contributed by atoms with Crippen LogP contribution in [0, 0.1) is 6.92 Å². The minimum atomic E-state index is -0.426. The molecule has 2 aliphatic heterocycles. The summed E-state index contributed by atoms with van der Waals surface area (Å²) in [5.74, 6) is 0. The van der Waals surface area contributed by atoms with E-state index < -0.39 is 5.66 Å². The van der Waals surface area contributed by atoms with E-state index in [1.807, 2.05) is 60.5 Å². The molecule has 2 aliphatic rings. The number of carbonyl (C=O) groups excluding carboxylic acids is 1. The molecule has 0 saturated carbocycles. The zero-order valence-electron chi connectivity index (χ0n) is 16.2. The predicted octanol–water partition coefficient (Wildman–Crippen LogP) is 4.58. The SMILES string of the molecule is CSC1=NC2(CCN(C(=O)Nc3ccc(C)cc3)CC2)N=C1c1ccccc1. The minimum Gasteiger partial charge on any atom is -0.324 e. The summed E-state index contributed by atoms with van der Waals surface area (Å²) in [6.45, 7) is 3.33. The third-order valence-electron chi connectivity index (χ3n) is 5.23. The quantitative estimate of drug-likeness (QED) is 0.813. The molecule has 5 nitrogen and oxygen atoms in total. The van der Waals surface area contributed by atoms with Crippen LogP contribution < -0.4 is 5.32 Å². The molecular formula is C22H24N4OS. The molecule has 0 atom stereocenters. The molecular weight excluding hydrogens is 368 g/mol. The van der Waals surface area contributed by atoms with Gasteiger partial charge in [-0.25, -0.2) is 9.79 Å². The fraction of sp³-hybridized carbons (Fsp3) is 0.318. The van der Waals surface area contributed by atoms with Crippen LogP contribution in [0.5, 0.6) is 0 Å². The standard InChI is InChI=1S/C22H24N4OS/c1-16-8-10-18(11-9-16)23-21(27)26-14-12-22(13-15-26)24-19(20(25-22)28-2)17-6-4-3-5-7-17/h3-11H,12-15H2,1-2H3,(H,23,27). The number of nitrogens with one attached hydrogen (secondary N) is 1. The Balaban J connectivity index is 1.44. The molecule has 1 fully saturated rings. The van der Waals surface area contributed by atoms with Gasteiger partial charge in [-0.1, -0.05) is 48.0 Å². The molecule has 0 aliphatic carbocycles. The molecule has 28 heavy (non-hydrogen) atoms. The van der Waals surface area contributed by atoms with Gasteiger partial charge in [0, 0.05) is 37.2 Å². The van der Waals surface area contributed by atoms with Crippen LogP contribution in [0.3, 0.4) is 0 Å². The van der Waals surface area contributed by atoms with Crippen molar-refractivity contribution in [2.75, 3.05) is 24.7 Å². The van der Waals surface area contributed by atoms with Gasteiger partial charge in [-0.2, -0.15) is 0 Å². The van der Waals surface area contributed by atoms with Gasteiger partial charge in [-0.15, -0.1) is 11.8 Å². The lowest BCUT2D eigenvalue weighted by atomic mass is 9.98. The van der Waals surface area contributed by atoms with Crippen molar-refractivity contribution < 1.29 is 4.79 Å². The maximum absolute atomic E-state index is 12.6. The number of aliphatic imine (C=N–C) groups is 2. The molecule has 1 N–H and O–H groups in total. The van der Waals surface area contributed by atoms with Crippen LogP contribution in [0.25, 0.3) is 0 Å². The number of benzene rings is 2. The third-order valence-corrected chi connectivity index (χ3v) is 5.90. The van der Waals surface area contributed by atoms with Crippen molar-refractivity contribution in [3.05, 3.63) is 65.7 Å². The van der Waals surface area contributed by atoms with Gasteiger partial charge in [0.15, 0.2) is 5.66 Å². The second-order valence-corrected chi connectivity index (χ2v) is 8.01. The molecule has 0 aromatic heterocycles. The van der Waals surface area contributed by atoms with Crippen LogP contribution in [-0.4, -0.2) is 46.7 Å². The Kier molecular flexibility index (Phi) is 5.22. The fourth-order valence-corrected chi connectivity index (χ4v) is 4.20. The fourth-order valence-electron chi connectivity index (χ4n) is 3.58. The van der Waals surface area contributed by atoms with E-state index in [4.69, 9.17) is 9.98 Å². The van der Waals surface area contributed by atoms with E-state index >= 15 is 0 Å². The molecule has 1 saturated heterocycles. The summed E-state index contributed by atoms with van der Waals surface area (Å²) < 4.78 is 0. The molecule has 2 aromatic carbocycles. The number of thioether (sulfide) groups is 1. The molecule has 144 valence electrons. The second kappa shape index (κ2) is 7.80. The summed E-state index contributed by atoms with van der Waals surface area (Å²) >= 11 is 1.64. The van der Waals surface area contributed by atoms with Crippen molar-refractivity contribution in [1.82, 2.24) is 4.90 Å². The van der Waals surface area contributed by atoms with E-state index in [0.717, 1.165) is 34.8 Å². The van der Waals surface area contributed by atoms with Gasteiger partial charge in [0.25, 0.3) is 0 Å². The number of amides is 2. The van der Waals surface area contributed by atoms with Gasteiger partial charge in [-0.05, 0) is 25.3 Å². The summed E-state index contributed by atoms with van der Waals surface area (Å²) in [5.41, 5.74) is 3.65. The Morgan fingerprint density at radius 1 is 1.04 bits per heavy atom. The molecule has 0 unspecified atom stereocenters. The number of urea groups is 1. The third kappa shape index (κ3) is 3.83. The lowest BCUT2D eigenvalue weighted by Crippen LogP contribution is -2.46. The summed E-state index contributed by atoms with van der Waals surface area (Å²) in [4.78, 5) is 24.4. The van der Waals surface area contributed by atoms with Gasteiger partial charge in [-0.3, -0.25) is 4.99 Å². The average molecular weight is 393 g/mol. The first-order valence-corrected chi connectivity index (χ1v) is 10.7. The largest absolute Gasteiger partial charge is 0.324 e. The lowest BCUT2D eigenvalue weighted by Gasteiger charge is -2.35. The van der Waals surface area contributed by atoms with Crippen molar-refractivity contribution in [2.24, 2.45) is 9.98 Å². The van der Waals surface area contributed by atoms with E-state index in [1.165, 1.54) is 5.56 Å². The number of anilines is 1. The lowest BCUT2D eigenvalue weighted by molar-refractivity contribution is 0.175. The summed E-state index contributed by atoms with van der Waals surface area (Å²) in [6.07, 6.45) is 3.53. The molecule has 0 bridgehead atoms. The Bertz CT molecular complexity index is 913. The normalized spacial score (nSPS) is 18.0. The van der Waals surface area contributed by atoms with Crippen molar-refractivity contribution in [1.29, 1.82) is 0 Å². The number of hydrogen-bond donors (Lipinski definition) is 1. The van der Waals surface area contributed by atoms with Gasteiger partial charge in [0.05, 0.1) is 5.71 Å². The highest BCUT2D eigenvalue weighted by atomic mass is 32.2. The van der Waals surface area contributed by atoms with Gasteiger partial charge >= 0.3 is 6.03 Å². The number of nitrogens with zero attached hydrogens (tertiary/aromatic N) is 3. The van der Waals surface area contributed by atoms with E-state index in [-0.39, 0.29) is 6.03 Å². The van der Waals surface area contributed by atoms with Crippen molar-refractivity contribution in [3.63, 3.8) is 0 Å². The van der Waals surface area contributed by atoms with Crippen LogP contribution in [0.2, 0.25) is 0 Å². The van der Waals surface area contributed by atoms with Crippen molar-refractivity contribution >= 4 is 34.2 Å². The predicted molar refractivity (Wildman–Crippen MR) is 118 cm³/mol. The molecule has 2 aromatic rings. The van der Waals surface area contributed by atoms with Crippen molar-refractivity contribution in [3.8, 4) is 0 Å². The van der Waals surface area contributed by atoms with Crippen LogP contribution in [0.15, 0.2) is 64.6 Å². The Labute approximate surface area is 170 Å². The summed E-state index contributed by atoms with van der Waals surface area (Å²) in [6, 6.07) is 18.0. The molecule has 0 radical (unpaired) electrons. The molecule has 2 amide bonds. The number of aryl methyl sites for hydroxylation is 1. The summed E-state index contributed by atoms with van der Waals surface area (Å²) in [5, 5.41) is 3.97. The first-order chi connectivity index (χ1) is 13.6. The highest BCUT2D eigenvalue weighted by Gasteiger charge is 2.40. The van der Waals surface area contributed by atoms with Gasteiger partial charge < -0.3 is 10.2 Å². The Hall–Kier alpha value is -2.60. The maximum atomic E-state index is 12.6. The number of carbonyl (C=O) groups is 1. The number of rotatable bonds is 2. The van der Waals surface area contributed by atoms with E-state index in [9.17, 15) is 4.79 Å². The number of piperidine rings is 1. The first kappa shape index (κ1) is 18.7. The van der Waals surface area contributed by atoms with E-state index in [2.05, 4.69) is 17.4 Å². The second-order valence-electron chi connectivity index (χ2n) is 7.21. The highest BCUT2D eigenvalue weighted by Crippen LogP contribution is 2.35. The van der Waals surface area contributed by atoms with Gasteiger partial charge in [0.1, 0.15) is 5.04 Å². The van der Waals surface area contributed by atoms with E-state index in [1.54, 1.807) is 11.8 Å². The van der Waals surface area contributed by atoms with Gasteiger partial charge in [0.2, 0.25) is 0 Å².